The second kappa shape index (κ2) is 4.38. The molecule has 1 aromatic heterocycles. The Labute approximate surface area is 73.6 Å². The van der Waals surface area contributed by atoms with Crippen LogP contribution in [0.4, 0.5) is 0 Å². The Balaban J connectivity index is 0.000001000. The molecule has 1 heterocycles. The first-order chi connectivity index (χ1) is 4.68. The van der Waals surface area contributed by atoms with Gasteiger partial charge in [0.15, 0.2) is 5.82 Å². The third kappa shape index (κ3) is 3.41. The van der Waals surface area contributed by atoms with E-state index in [0.717, 1.165) is 18.1 Å². The smallest absolute Gasteiger partial charge is 0.226 e. The molecule has 11 heavy (non-hydrogen) atoms. The van der Waals surface area contributed by atoms with E-state index in [4.69, 9.17) is 4.52 Å². The molecule has 1 aromatic rings. The molecule has 0 spiro atoms. The molecule has 0 bridgehead atoms. The van der Waals surface area contributed by atoms with E-state index in [0.29, 0.717) is 5.92 Å². The van der Waals surface area contributed by atoms with E-state index in [1.165, 1.54) is 0 Å². The zero-order valence-electron chi connectivity index (χ0n) is 7.09. The summed E-state index contributed by atoms with van der Waals surface area (Å²) in [5.74, 6) is 2.04. The minimum atomic E-state index is 0. The summed E-state index contributed by atoms with van der Waals surface area (Å²) in [5.41, 5.74) is 0. The van der Waals surface area contributed by atoms with Gasteiger partial charge in [0.2, 0.25) is 5.89 Å². The van der Waals surface area contributed by atoms with E-state index in [9.17, 15) is 0 Å². The van der Waals surface area contributed by atoms with Crippen LogP contribution in [0, 0.1) is 12.8 Å². The molecule has 0 aliphatic heterocycles. The Bertz CT molecular complexity index is 210. The molecule has 0 unspecified atom stereocenters. The van der Waals surface area contributed by atoms with Crippen molar-refractivity contribution in [1.82, 2.24) is 10.1 Å². The molecule has 3 nitrogen and oxygen atoms in total. The van der Waals surface area contributed by atoms with E-state index in [2.05, 4.69) is 24.0 Å². The normalized spacial score (nSPS) is 9.82. The fourth-order valence-corrected chi connectivity index (χ4v) is 0.772. The maximum Gasteiger partial charge on any atom is 0.226 e. The first kappa shape index (κ1) is 10.5. The Morgan fingerprint density at radius 1 is 1.45 bits per heavy atom. The van der Waals surface area contributed by atoms with E-state index in [1.54, 1.807) is 0 Å². The van der Waals surface area contributed by atoms with Crippen LogP contribution in [0.15, 0.2) is 4.52 Å². The molecular formula is C7H14N2OS. The molecule has 64 valence electrons. The number of hydrogen-bond donors (Lipinski definition) is 0. The molecule has 0 radical (unpaired) electrons. The van der Waals surface area contributed by atoms with Crippen LogP contribution < -0.4 is 0 Å². The van der Waals surface area contributed by atoms with Crippen LogP contribution >= 0.6 is 13.5 Å². The number of aryl methyl sites for hydroxylation is 1. The summed E-state index contributed by atoms with van der Waals surface area (Å²) in [6, 6.07) is 0. The van der Waals surface area contributed by atoms with Gasteiger partial charge in [0.1, 0.15) is 0 Å². The van der Waals surface area contributed by atoms with Crippen LogP contribution in [0.2, 0.25) is 0 Å². The molecule has 0 saturated heterocycles. The predicted molar refractivity (Wildman–Crippen MR) is 48.0 cm³/mol. The van der Waals surface area contributed by atoms with Gasteiger partial charge < -0.3 is 4.52 Å². The average molecular weight is 174 g/mol. The lowest BCUT2D eigenvalue weighted by Gasteiger charge is -1.95. The lowest BCUT2D eigenvalue weighted by molar-refractivity contribution is 0.360. The summed E-state index contributed by atoms with van der Waals surface area (Å²) < 4.78 is 4.91. The first-order valence-corrected chi connectivity index (χ1v) is 3.47. The van der Waals surface area contributed by atoms with Crippen LogP contribution in [-0.4, -0.2) is 10.1 Å². The van der Waals surface area contributed by atoms with Crippen molar-refractivity contribution >= 4 is 13.5 Å². The van der Waals surface area contributed by atoms with Crippen molar-refractivity contribution in [2.24, 2.45) is 5.92 Å². The molecule has 0 atom stereocenters. The second-order valence-corrected chi connectivity index (χ2v) is 2.83. The van der Waals surface area contributed by atoms with Crippen molar-refractivity contribution in [3.63, 3.8) is 0 Å². The number of rotatable bonds is 2. The average Bonchev–Trinajstić information content (AvgIpc) is 2.13. The predicted octanol–water partition coefficient (Wildman–Crippen LogP) is 1.69. The molecule has 0 aliphatic rings. The fourth-order valence-electron chi connectivity index (χ4n) is 0.772. The van der Waals surface area contributed by atoms with E-state index in [1.807, 2.05) is 6.92 Å². The summed E-state index contributed by atoms with van der Waals surface area (Å²) in [7, 11) is 0. The van der Waals surface area contributed by atoms with Gasteiger partial charge in [-0.1, -0.05) is 19.0 Å². The van der Waals surface area contributed by atoms with Gasteiger partial charge in [-0.2, -0.15) is 18.5 Å². The van der Waals surface area contributed by atoms with Crippen LogP contribution in [0.3, 0.4) is 0 Å². The van der Waals surface area contributed by atoms with Gasteiger partial charge >= 0.3 is 0 Å². The zero-order chi connectivity index (χ0) is 7.56. The molecule has 0 aromatic carbocycles. The number of nitrogens with zero attached hydrogens (tertiary/aromatic N) is 2. The zero-order valence-corrected chi connectivity index (χ0v) is 8.09. The highest BCUT2D eigenvalue weighted by Gasteiger charge is 2.03. The second-order valence-electron chi connectivity index (χ2n) is 2.83. The van der Waals surface area contributed by atoms with Gasteiger partial charge in [-0.05, 0) is 12.8 Å². The van der Waals surface area contributed by atoms with Gasteiger partial charge in [-0.15, -0.1) is 0 Å². The van der Waals surface area contributed by atoms with Crippen molar-refractivity contribution in [2.45, 2.75) is 27.2 Å². The molecule has 1 rings (SSSR count). The lowest BCUT2D eigenvalue weighted by atomic mass is 10.1. The van der Waals surface area contributed by atoms with Crippen molar-refractivity contribution in [1.29, 1.82) is 0 Å². The van der Waals surface area contributed by atoms with Crippen molar-refractivity contribution in [2.75, 3.05) is 0 Å². The summed E-state index contributed by atoms with van der Waals surface area (Å²) in [4.78, 5) is 4.07. The lowest BCUT2D eigenvalue weighted by Crippen LogP contribution is -1.93. The molecule has 0 N–H and O–H groups in total. The van der Waals surface area contributed by atoms with Crippen LogP contribution in [0.25, 0.3) is 0 Å². The third-order valence-corrected chi connectivity index (χ3v) is 1.15. The summed E-state index contributed by atoms with van der Waals surface area (Å²) in [6.45, 7) is 6.08. The number of aromatic nitrogens is 2. The first-order valence-electron chi connectivity index (χ1n) is 3.47. The summed E-state index contributed by atoms with van der Waals surface area (Å²) in [6.07, 6.45) is 0.876. The standard InChI is InChI=1S/C7H12N2O.H2S/c1-5(2)4-7-8-6(3)9-10-7;/h5H,4H2,1-3H3;1H2. The van der Waals surface area contributed by atoms with Gasteiger partial charge in [-0.3, -0.25) is 0 Å². The quantitative estimate of drug-likeness (QED) is 0.685. The van der Waals surface area contributed by atoms with Crippen LogP contribution in [-0.2, 0) is 6.42 Å². The molecule has 0 fully saturated rings. The molecular weight excluding hydrogens is 160 g/mol. The van der Waals surface area contributed by atoms with E-state index in [-0.39, 0.29) is 13.5 Å². The highest BCUT2D eigenvalue weighted by molar-refractivity contribution is 7.59. The van der Waals surface area contributed by atoms with Gasteiger partial charge in [0, 0.05) is 6.42 Å². The minimum Gasteiger partial charge on any atom is -0.339 e. The number of hydrogen-bond acceptors (Lipinski definition) is 3. The topological polar surface area (TPSA) is 38.9 Å². The van der Waals surface area contributed by atoms with E-state index < -0.39 is 0 Å². The van der Waals surface area contributed by atoms with Crippen molar-refractivity contribution in [3.05, 3.63) is 11.7 Å². The molecule has 4 heteroatoms. The molecule has 0 aliphatic carbocycles. The Morgan fingerprint density at radius 2 is 2.09 bits per heavy atom. The largest absolute Gasteiger partial charge is 0.339 e. The van der Waals surface area contributed by atoms with Crippen molar-refractivity contribution in [3.8, 4) is 0 Å². The van der Waals surface area contributed by atoms with Crippen molar-refractivity contribution < 1.29 is 4.52 Å². The van der Waals surface area contributed by atoms with Crippen LogP contribution in [0.5, 0.6) is 0 Å². The van der Waals surface area contributed by atoms with Crippen LogP contribution in [0.1, 0.15) is 25.6 Å². The molecule has 0 saturated carbocycles. The SMILES string of the molecule is Cc1noc(CC(C)C)n1.S. The Kier molecular flexibility index (Phi) is 4.18. The summed E-state index contributed by atoms with van der Waals surface area (Å²) >= 11 is 0. The van der Waals surface area contributed by atoms with E-state index >= 15 is 0 Å². The van der Waals surface area contributed by atoms with Gasteiger partial charge in [0.25, 0.3) is 0 Å². The third-order valence-electron chi connectivity index (χ3n) is 1.15. The monoisotopic (exact) mass is 174 g/mol. The van der Waals surface area contributed by atoms with Gasteiger partial charge in [0.05, 0.1) is 0 Å². The highest BCUT2D eigenvalue weighted by atomic mass is 32.1. The molecule has 0 amide bonds. The summed E-state index contributed by atoms with van der Waals surface area (Å²) in [5, 5.41) is 3.68. The van der Waals surface area contributed by atoms with Gasteiger partial charge in [-0.25, -0.2) is 0 Å². The maximum absolute atomic E-state index is 4.91. The Hall–Kier alpha value is -0.510. The Morgan fingerprint density at radius 3 is 2.45 bits per heavy atom. The highest BCUT2D eigenvalue weighted by Crippen LogP contribution is 2.04. The maximum atomic E-state index is 4.91. The minimum absolute atomic E-state index is 0. The fraction of sp³-hybridized carbons (Fsp3) is 0.714.